The molecule has 1 heterocycles. The molecule has 1 aliphatic carbocycles. The van der Waals surface area contributed by atoms with Gasteiger partial charge < -0.3 is 10.1 Å². The van der Waals surface area contributed by atoms with E-state index in [0.717, 1.165) is 30.2 Å². The van der Waals surface area contributed by atoms with Gasteiger partial charge in [0.2, 0.25) is 0 Å². The summed E-state index contributed by atoms with van der Waals surface area (Å²) in [6.45, 7) is 0. The van der Waals surface area contributed by atoms with Crippen molar-refractivity contribution in [3.63, 3.8) is 0 Å². The molecule has 2 atom stereocenters. The van der Waals surface area contributed by atoms with Gasteiger partial charge in [-0.05, 0) is 25.3 Å². The normalized spacial score (nSPS) is 21.6. The molecule has 1 aliphatic rings. The minimum absolute atomic E-state index is 0.0227. The van der Waals surface area contributed by atoms with E-state index in [4.69, 9.17) is 4.74 Å². The lowest BCUT2D eigenvalue weighted by molar-refractivity contribution is -0.384. The van der Waals surface area contributed by atoms with Gasteiger partial charge in [-0.25, -0.2) is 4.98 Å². The minimum atomic E-state index is -0.384. The maximum Gasteiger partial charge on any atom is 0.311 e. The van der Waals surface area contributed by atoms with E-state index in [2.05, 4.69) is 10.3 Å². The SMILES string of the molecule is COC1CCC(Nc2c([N+](=O)[O-])cnc3ccccc23)C1. The van der Waals surface area contributed by atoms with Crippen LogP contribution in [0.1, 0.15) is 19.3 Å². The number of nitrogens with zero attached hydrogens (tertiary/aromatic N) is 2. The Bertz CT molecular complexity index is 674. The number of benzene rings is 1. The van der Waals surface area contributed by atoms with Crippen LogP contribution in [-0.2, 0) is 4.74 Å². The molecule has 21 heavy (non-hydrogen) atoms. The van der Waals surface area contributed by atoms with E-state index in [1.165, 1.54) is 6.20 Å². The van der Waals surface area contributed by atoms with Crippen LogP contribution in [0.25, 0.3) is 10.9 Å². The average molecular weight is 287 g/mol. The molecule has 0 radical (unpaired) electrons. The fraction of sp³-hybridized carbons (Fsp3) is 0.400. The summed E-state index contributed by atoms with van der Waals surface area (Å²) in [5, 5.41) is 15.4. The van der Waals surface area contributed by atoms with E-state index in [1.807, 2.05) is 24.3 Å². The van der Waals surface area contributed by atoms with Crippen molar-refractivity contribution in [2.24, 2.45) is 0 Å². The standard InChI is InChI=1S/C15H17N3O3/c1-21-11-7-6-10(8-11)17-15-12-4-2-3-5-13(12)16-9-14(15)18(19)20/h2-5,9-11H,6-8H2,1H3,(H,16,17). The molecule has 1 aromatic heterocycles. The largest absolute Gasteiger partial charge is 0.381 e. The molecule has 1 fully saturated rings. The molecular weight excluding hydrogens is 270 g/mol. The Kier molecular flexibility index (Phi) is 3.70. The number of para-hydroxylation sites is 1. The van der Waals surface area contributed by atoms with E-state index in [-0.39, 0.29) is 22.8 Å². The zero-order valence-corrected chi connectivity index (χ0v) is 11.8. The first-order valence-corrected chi connectivity index (χ1v) is 7.00. The third kappa shape index (κ3) is 2.67. The summed E-state index contributed by atoms with van der Waals surface area (Å²) in [7, 11) is 1.71. The average Bonchev–Trinajstić information content (AvgIpc) is 2.95. The molecule has 1 aromatic carbocycles. The van der Waals surface area contributed by atoms with Crippen molar-refractivity contribution in [1.29, 1.82) is 0 Å². The van der Waals surface area contributed by atoms with E-state index in [1.54, 1.807) is 7.11 Å². The number of anilines is 1. The molecule has 0 spiro atoms. The number of fused-ring (bicyclic) bond motifs is 1. The highest BCUT2D eigenvalue weighted by Gasteiger charge is 2.27. The molecule has 0 bridgehead atoms. The molecule has 2 unspecified atom stereocenters. The topological polar surface area (TPSA) is 77.3 Å². The molecule has 3 rings (SSSR count). The quantitative estimate of drug-likeness (QED) is 0.690. The van der Waals surface area contributed by atoms with Gasteiger partial charge in [0.25, 0.3) is 0 Å². The number of methoxy groups -OCH3 is 1. The summed E-state index contributed by atoms with van der Waals surface area (Å²) in [5.41, 5.74) is 1.34. The van der Waals surface area contributed by atoms with Crippen LogP contribution < -0.4 is 5.32 Å². The van der Waals surface area contributed by atoms with Crippen LogP contribution in [-0.4, -0.2) is 29.2 Å². The lowest BCUT2D eigenvalue weighted by Crippen LogP contribution is -2.18. The number of nitrogens with one attached hydrogen (secondary N) is 1. The van der Waals surface area contributed by atoms with Crippen molar-refractivity contribution < 1.29 is 9.66 Å². The van der Waals surface area contributed by atoms with Crippen molar-refractivity contribution in [1.82, 2.24) is 4.98 Å². The molecule has 0 aliphatic heterocycles. The van der Waals surface area contributed by atoms with Crippen LogP contribution in [0.2, 0.25) is 0 Å². The summed E-state index contributed by atoms with van der Waals surface area (Å²) < 4.78 is 5.36. The van der Waals surface area contributed by atoms with Gasteiger partial charge in [0.15, 0.2) is 0 Å². The molecular formula is C15H17N3O3. The highest BCUT2D eigenvalue weighted by Crippen LogP contribution is 2.34. The van der Waals surface area contributed by atoms with E-state index >= 15 is 0 Å². The molecule has 0 amide bonds. The molecule has 110 valence electrons. The minimum Gasteiger partial charge on any atom is -0.381 e. The fourth-order valence-electron chi connectivity index (χ4n) is 2.91. The first kappa shape index (κ1) is 13.8. The highest BCUT2D eigenvalue weighted by atomic mass is 16.6. The number of hydrogen-bond acceptors (Lipinski definition) is 5. The predicted octanol–water partition coefficient (Wildman–Crippen LogP) is 3.12. The van der Waals surface area contributed by atoms with Gasteiger partial charge in [-0.3, -0.25) is 10.1 Å². The van der Waals surface area contributed by atoms with Crippen molar-refractivity contribution in [3.8, 4) is 0 Å². The third-order valence-electron chi connectivity index (χ3n) is 4.02. The number of ether oxygens (including phenoxy) is 1. The van der Waals surface area contributed by atoms with E-state index in [0.29, 0.717) is 5.69 Å². The molecule has 0 saturated heterocycles. The Hall–Kier alpha value is -2.21. The van der Waals surface area contributed by atoms with Crippen molar-refractivity contribution in [3.05, 3.63) is 40.6 Å². The Morgan fingerprint density at radius 1 is 1.38 bits per heavy atom. The molecule has 1 N–H and O–H groups in total. The van der Waals surface area contributed by atoms with Crippen LogP contribution >= 0.6 is 0 Å². The van der Waals surface area contributed by atoms with Gasteiger partial charge >= 0.3 is 5.69 Å². The number of hydrogen-bond donors (Lipinski definition) is 1. The predicted molar refractivity (Wildman–Crippen MR) is 80.5 cm³/mol. The van der Waals surface area contributed by atoms with Crippen LogP contribution in [0, 0.1) is 10.1 Å². The van der Waals surface area contributed by atoms with Crippen molar-refractivity contribution in [2.45, 2.75) is 31.4 Å². The second kappa shape index (κ2) is 5.65. The molecule has 6 nitrogen and oxygen atoms in total. The zero-order chi connectivity index (χ0) is 14.8. The first-order chi connectivity index (χ1) is 10.2. The molecule has 2 aromatic rings. The smallest absolute Gasteiger partial charge is 0.311 e. The van der Waals surface area contributed by atoms with Crippen LogP contribution in [0.4, 0.5) is 11.4 Å². The maximum absolute atomic E-state index is 11.3. The van der Waals surface area contributed by atoms with Crippen molar-refractivity contribution >= 4 is 22.3 Å². The lowest BCUT2D eigenvalue weighted by atomic mass is 10.1. The van der Waals surface area contributed by atoms with Crippen LogP contribution in [0.3, 0.4) is 0 Å². The summed E-state index contributed by atoms with van der Waals surface area (Å²) in [4.78, 5) is 15.0. The van der Waals surface area contributed by atoms with Gasteiger partial charge in [0.1, 0.15) is 11.9 Å². The van der Waals surface area contributed by atoms with Gasteiger partial charge in [-0.2, -0.15) is 0 Å². The summed E-state index contributed by atoms with van der Waals surface area (Å²) in [6, 6.07) is 7.66. The third-order valence-corrected chi connectivity index (χ3v) is 4.02. The number of nitro groups is 1. The summed E-state index contributed by atoms with van der Waals surface area (Å²) in [5.74, 6) is 0. The van der Waals surface area contributed by atoms with Crippen LogP contribution in [0.5, 0.6) is 0 Å². The number of rotatable bonds is 4. The van der Waals surface area contributed by atoms with E-state index < -0.39 is 0 Å². The maximum atomic E-state index is 11.3. The Morgan fingerprint density at radius 2 is 2.19 bits per heavy atom. The molecule has 1 saturated carbocycles. The number of pyridine rings is 1. The second-order valence-corrected chi connectivity index (χ2v) is 5.30. The second-order valence-electron chi connectivity index (χ2n) is 5.30. The Morgan fingerprint density at radius 3 is 2.90 bits per heavy atom. The summed E-state index contributed by atoms with van der Waals surface area (Å²) >= 11 is 0. The van der Waals surface area contributed by atoms with Gasteiger partial charge in [-0.15, -0.1) is 0 Å². The van der Waals surface area contributed by atoms with E-state index in [9.17, 15) is 10.1 Å². The highest BCUT2D eigenvalue weighted by molar-refractivity contribution is 5.95. The van der Waals surface area contributed by atoms with Gasteiger partial charge in [0.05, 0.1) is 16.5 Å². The monoisotopic (exact) mass is 287 g/mol. The Balaban J connectivity index is 1.99. The summed E-state index contributed by atoms with van der Waals surface area (Å²) in [6.07, 6.45) is 4.35. The van der Waals surface area contributed by atoms with Gasteiger partial charge in [-0.1, -0.05) is 18.2 Å². The number of aromatic nitrogens is 1. The van der Waals surface area contributed by atoms with Gasteiger partial charge in [0, 0.05) is 18.5 Å². The lowest BCUT2D eigenvalue weighted by Gasteiger charge is -2.16. The Labute approximate surface area is 122 Å². The fourth-order valence-corrected chi connectivity index (χ4v) is 2.91. The first-order valence-electron chi connectivity index (χ1n) is 7.00. The zero-order valence-electron chi connectivity index (χ0n) is 11.8. The van der Waals surface area contributed by atoms with Crippen molar-refractivity contribution in [2.75, 3.05) is 12.4 Å². The van der Waals surface area contributed by atoms with Crippen LogP contribution in [0.15, 0.2) is 30.5 Å². The molecule has 6 heteroatoms.